The molecule has 0 aliphatic heterocycles. The molecule has 1 heterocycles. The molecule has 0 bridgehead atoms. The maximum Gasteiger partial charge on any atom is 0.251 e. The maximum absolute atomic E-state index is 13.5. The van der Waals surface area contributed by atoms with Gasteiger partial charge in [-0.2, -0.15) is 0 Å². The van der Waals surface area contributed by atoms with Gasteiger partial charge in [-0.25, -0.2) is 4.39 Å². The first-order chi connectivity index (χ1) is 9.88. The van der Waals surface area contributed by atoms with Crippen molar-refractivity contribution in [1.82, 2.24) is 0 Å². The van der Waals surface area contributed by atoms with Gasteiger partial charge < -0.3 is 10.5 Å². The van der Waals surface area contributed by atoms with Crippen molar-refractivity contribution >= 4 is 46.2 Å². The minimum atomic E-state index is -0.880. The molecule has 8 heteroatoms. The molecule has 0 unspecified atom stereocenters. The van der Waals surface area contributed by atoms with Crippen LogP contribution in [0.4, 0.5) is 4.39 Å². The van der Waals surface area contributed by atoms with Gasteiger partial charge >= 0.3 is 0 Å². The fourth-order valence-electron chi connectivity index (χ4n) is 1.54. The van der Waals surface area contributed by atoms with Crippen molar-refractivity contribution in [3.05, 3.63) is 49.9 Å². The summed E-state index contributed by atoms with van der Waals surface area (Å²) in [7, 11) is 0. The first-order valence-electron chi connectivity index (χ1n) is 5.58. The van der Waals surface area contributed by atoms with Gasteiger partial charge in [-0.3, -0.25) is 9.59 Å². The predicted octanol–water partition coefficient (Wildman–Crippen LogP) is 3.55. The standard InChI is InChI=1S/C13H8Cl2FNO3S/c14-11-4-8(12(15)21-11)10(18)5-20-6-1-2-7(13(17)19)9(16)3-6/h1-4H,5H2,(H2,17,19). The monoisotopic (exact) mass is 347 g/mol. The first kappa shape index (κ1) is 15.8. The summed E-state index contributed by atoms with van der Waals surface area (Å²) >= 11 is 12.7. The molecule has 2 rings (SSSR count). The van der Waals surface area contributed by atoms with E-state index in [1.807, 2.05) is 0 Å². The topological polar surface area (TPSA) is 69.4 Å². The van der Waals surface area contributed by atoms with Gasteiger partial charge in [0.2, 0.25) is 5.78 Å². The van der Waals surface area contributed by atoms with E-state index >= 15 is 0 Å². The molecule has 1 aromatic carbocycles. The number of carbonyl (C=O) groups is 2. The largest absolute Gasteiger partial charge is 0.485 e. The van der Waals surface area contributed by atoms with Crippen molar-refractivity contribution in [1.29, 1.82) is 0 Å². The highest BCUT2D eigenvalue weighted by Crippen LogP contribution is 2.31. The number of carbonyl (C=O) groups excluding carboxylic acids is 2. The summed E-state index contributed by atoms with van der Waals surface area (Å²) in [4.78, 5) is 22.8. The Labute approximate surface area is 133 Å². The molecule has 2 N–H and O–H groups in total. The number of hydrogen-bond donors (Lipinski definition) is 1. The highest BCUT2D eigenvalue weighted by Gasteiger charge is 2.15. The summed E-state index contributed by atoms with van der Waals surface area (Å²) in [5, 5.41) is 0. The van der Waals surface area contributed by atoms with Gasteiger partial charge in [-0.1, -0.05) is 23.2 Å². The zero-order valence-electron chi connectivity index (χ0n) is 10.4. The minimum absolute atomic E-state index is 0.100. The molecular formula is C13H8Cl2FNO3S. The molecule has 0 aliphatic carbocycles. The lowest BCUT2D eigenvalue weighted by atomic mass is 10.2. The van der Waals surface area contributed by atoms with Crippen molar-refractivity contribution in [2.75, 3.05) is 6.61 Å². The summed E-state index contributed by atoms with van der Waals surface area (Å²) in [5.41, 5.74) is 4.98. The lowest BCUT2D eigenvalue weighted by molar-refractivity contribution is 0.0920. The Hall–Kier alpha value is -1.63. The third-order valence-corrected chi connectivity index (χ3v) is 4.02. The zero-order chi connectivity index (χ0) is 15.6. The Morgan fingerprint density at radius 1 is 1.24 bits per heavy atom. The number of ether oxygens (including phenoxy) is 1. The minimum Gasteiger partial charge on any atom is -0.485 e. The average molecular weight is 348 g/mol. The number of hydrogen-bond acceptors (Lipinski definition) is 4. The van der Waals surface area contributed by atoms with Gasteiger partial charge in [0.05, 0.1) is 15.5 Å². The van der Waals surface area contributed by atoms with Crippen LogP contribution in [0.1, 0.15) is 20.7 Å². The number of nitrogens with two attached hydrogens (primary N) is 1. The van der Waals surface area contributed by atoms with Crippen molar-refractivity contribution in [2.24, 2.45) is 5.73 Å². The van der Waals surface area contributed by atoms with Crippen LogP contribution in [0.3, 0.4) is 0 Å². The Morgan fingerprint density at radius 2 is 1.95 bits per heavy atom. The fourth-order valence-corrected chi connectivity index (χ4v) is 3.04. The maximum atomic E-state index is 13.5. The molecule has 4 nitrogen and oxygen atoms in total. The molecule has 1 aromatic heterocycles. The lowest BCUT2D eigenvalue weighted by Crippen LogP contribution is -2.14. The molecule has 0 spiro atoms. The number of rotatable bonds is 5. The van der Waals surface area contributed by atoms with Crippen molar-refractivity contribution in [3.8, 4) is 5.75 Å². The average Bonchev–Trinajstić information content (AvgIpc) is 2.74. The molecule has 1 amide bonds. The molecule has 110 valence electrons. The van der Waals surface area contributed by atoms with Crippen LogP contribution < -0.4 is 10.5 Å². The van der Waals surface area contributed by atoms with E-state index in [4.69, 9.17) is 33.7 Å². The molecule has 0 radical (unpaired) electrons. The van der Waals surface area contributed by atoms with E-state index in [-0.39, 0.29) is 33.6 Å². The highest BCUT2D eigenvalue weighted by molar-refractivity contribution is 7.20. The second-order valence-corrected chi connectivity index (χ2v) is 6.24. The van der Waals surface area contributed by atoms with E-state index in [9.17, 15) is 14.0 Å². The third kappa shape index (κ3) is 3.72. The summed E-state index contributed by atoms with van der Waals surface area (Å²) in [6.45, 7) is -0.331. The third-order valence-electron chi connectivity index (χ3n) is 2.53. The number of thiophene rings is 1. The zero-order valence-corrected chi connectivity index (χ0v) is 12.7. The molecular weight excluding hydrogens is 340 g/mol. The van der Waals surface area contributed by atoms with Gasteiger partial charge in [0, 0.05) is 6.07 Å². The van der Waals surface area contributed by atoms with Crippen LogP contribution in [-0.4, -0.2) is 18.3 Å². The van der Waals surface area contributed by atoms with E-state index < -0.39 is 11.7 Å². The van der Waals surface area contributed by atoms with Gasteiger partial charge in [-0.05, 0) is 18.2 Å². The van der Waals surface area contributed by atoms with E-state index in [0.29, 0.717) is 4.34 Å². The lowest BCUT2D eigenvalue weighted by Gasteiger charge is -2.06. The first-order valence-corrected chi connectivity index (χ1v) is 7.16. The summed E-state index contributed by atoms with van der Waals surface area (Å²) in [6.07, 6.45) is 0. The van der Waals surface area contributed by atoms with Crippen molar-refractivity contribution < 1.29 is 18.7 Å². The van der Waals surface area contributed by atoms with E-state index in [1.54, 1.807) is 0 Å². The van der Waals surface area contributed by atoms with Gasteiger partial charge in [0.15, 0.2) is 6.61 Å². The summed E-state index contributed by atoms with van der Waals surface area (Å²) < 4.78 is 19.3. The number of halogens is 3. The van der Waals surface area contributed by atoms with Gasteiger partial charge in [-0.15, -0.1) is 11.3 Å². The Balaban J connectivity index is 2.06. The summed E-state index contributed by atoms with van der Waals surface area (Å²) in [6, 6.07) is 4.96. The predicted molar refractivity (Wildman–Crippen MR) is 79.1 cm³/mol. The smallest absolute Gasteiger partial charge is 0.251 e. The van der Waals surface area contributed by atoms with Crippen LogP contribution in [0.2, 0.25) is 8.67 Å². The van der Waals surface area contributed by atoms with E-state index in [1.165, 1.54) is 18.2 Å². The highest BCUT2D eigenvalue weighted by atomic mass is 35.5. The molecule has 0 aliphatic rings. The summed E-state index contributed by atoms with van der Waals surface area (Å²) in [5.74, 6) is -1.98. The SMILES string of the molecule is NC(=O)c1ccc(OCC(=O)c2cc(Cl)sc2Cl)cc1F. The number of Topliss-reactive ketones (excluding diaryl/α,β-unsaturated/α-hetero) is 1. The molecule has 2 aromatic rings. The van der Waals surface area contributed by atoms with Crippen LogP contribution in [0.25, 0.3) is 0 Å². The number of ketones is 1. The molecule has 0 saturated carbocycles. The Bertz CT molecular complexity index is 717. The molecule has 0 atom stereocenters. The van der Waals surface area contributed by atoms with Crippen molar-refractivity contribution in [3.63, 3.8) is 0 Å². The van der Waals surface area contributed by atoms with Crippen LogP contribution in [0, 0.1) is 5.82 Å². The fraction of sp³-hybridized carbons (Fsp3) is 0.0769. The number of amides is 1. The van der Waals surface area contributed by atoms with E-state index in [2.05, 4.69) is 0 Å². The van der Waals surface area contributed by atoms with Crippen LogP contribution in [0.15, 0.2) is 24.3 Å². The van der Waals surface area contributed by atoms with Crippen LogP contribution in [0.5, 0.6) is 5.75 Å². The molecule has 21 heavy (non-hydrogen) atoms. The van der Waals surface area contributed by atoms with Gasteiger partial charge in [0.25, 0.3) is 5.91 Å². The van der Waals surface area contributed by atoms with Crippen LogP contribution in [-0.2, 0) is 0 Å². The van der Waals surface area contributed by atoms with E-state index in [0.717, 1.165) is 17.4 Å². The normalized spacial score (nSPS) is 10.4. The number of primary amides is 1. The number of benzene rings is 1. The second-order valence-electron chi connectivity index (χ2n) is 3.96. The molecule has 0 fully saturated rings. The second kappa shape index (κ2) is 6.43. The quantitative estimate of drug-likeness (QED) is 0.840. The van der Waals surface area contributed by atoms with Gasteiger partial charge in [0.1, 0.15) is 15.9 Å². The van der Waals surface area contributed by atoms with Crippen LogP contribution >= 0.6 is 34.5 Å². The Kier molecular flexibility index (Phi) is 4.82. The van der Waals surface area contributed by atoms with Crippen molar-refractivity contribution in [2.45, 2.75) is 0 Å². The Morgan fingerprint density at radius 3 is 2.48 bits per heavy atom. The molecule has 0 saturated heterocycles.